The fourth-order valence-corrected chi connectivity index (χ4v) is 6.32. The molecule has 2 aromatic carbocycles. The van der Waals surface area contributed by atoms with Crippen molar-refractivity contribution < 1.29 is 13.9 Å². The Hall–Kier alpha value is -3.68. The predicted molar refractivity (Wildman–Crippen MR) is 141 cm³/mol. The number of piperidine rings is 1. The summed E-state index contributed by atoms with van der Waals surface area (Å²) < 4.78 is 13.7. The first-order valence-corrected chi connectivity index (χ1v) is 12.9. The smallest absolute Gasteiger partial charge is 0.287 e. The largest absolute Gasteiger partial charge is 0.459 e. The highest BCUT2D eigenvalue weighted by atomic mass is 16.5. The molecule has 2 aliphatic rings. The Bertz CT molecular complexity index is 1390. The van der Waals surface area contributed by atoms with Crippen LogP contribution < -0.4 is 5.32 Å². The Balaban J connectivity index is 1.22. The average Bonchev–Trinajstić information content (AvgIpc) is 3.66. The number of carbonyl (C=O) groups excluding carboxylic acids is 1. The number of hydrogen-bond donors (Lipinski definition) is 1. The van der Waals surface area contributed by atoms with E-state index in [2.05, 4.69) is 69.2 Å². The van der Waals surface area contributed by atoms with E-state index in [-0.39, 0.29) is 23.5 Å². The molecule has 6 rings (SSSR count). The minimum atomic E-state index is -0.231. The van der Waals surface area contributed by atoms with Crippen molar-refractivity contribution >= 4 is 5.91 Å². The first-order chi connectivity index (χ1) is 18.1. The monoisotopic (exact) mass is 496 g/mol. The van der Waals surface area contributed by atoms with Crippen LogP contribution in [0.25, 0.3) is 5.69 Å². The van der Waals surface area contributed by atoms with Crippen LogP contribution in [0.15, 0.2) is 83.7 Å². The number of benzene rings is 2. The molecule has 0 unspecified atom stereocenters. The van der Waals surface area contributed by atoms with Gasteiger partial charge in [0.1, 0.15) is 5.82 Å². The van der Waals surface area contributed by atoms with Crippen molar-refractivity contribution in [1.82, 2.24) is 19.8 Å². The van der Waals surface area contributed by atoms with Crippen molar-refractivity contribution in [2.75, 3.05) is 20.2 Å². The first kappa shape index (κ1) is 23.7. The highest BCUT2D eigenvalue weighted by Gasteiger charge is 2.54. The summed E-state index contributed by atoms with van der Waals surface area (Å²) in [6, 6.07) is 20.2. The van der Waals surface area contributed by atoms with E-state index < -0.39 is 0 Å². The number of nitrogens with one attached hydrogen (secondary N) is 1. The summed E-state index contributed by atoms with van der Waals surface area (Å²) >= 11 is 0. The molecule has 1 spiro atoms. The molecule has 1 fully saturated rings. The number of furan rings is 1. The Morgan fingerprint density at radius 3 is 2.73 bits per heavy atom. The van der Waals surface area contributed by atoms with Crippen LogP contribution in [0.1, 0.15) is 52.0 Å². The molecule has 1 aliphatic carbocycles. The van der Waals surface area contributed by atoms with E-state index in [9.17, 15) is 4.79 Å². The number of aryl methyl sites for hydroxylation is 1. The van der Waals surface area contributed by atoms with Crippen LogP contribution >= 0.6 is 0 Å². The number of hydrogen-bond acceptors (Lipinski definition) is 5. The summed E-state index contributed by atoms with van der Waals surface area (Å²) in [6.07, 6.45) is 7.17. The van der Waals surface area contributed by atoms with Crippen molar-refractivity contribution in [1.29, 1.82) is 0 Å². The summed E-state index contributed by atoms with van der Waals surface area (Å²) in [7, 11) is 1.76. The molecule has 0 saturated carbocycles. The molecule has 37 heavy (non-hydrogen) atoms. The van der Waals surface area contributed by atoms with Gasteiger partial charge in [0.2, 0.25) is 0 Å². The van der Waals surface area contributed by atoms with Crippen molar-refractivity contribution in [3.63, 3.8) is 0 Å². The van der Waals surface area contributed by atoms with Crippen LogP contribution in [-0.2, 0) is 16.7 Å². The molecule has 1 N–H and O–H groups in total. The topological polar surface area (TPSA) is 72.5 Å². The van der Waals surface area contributed by atoms with Gasteiger partial charge in [-0.3, -0.25) is 9.69 Å². The van der Waals surface area contributed by atoms with Gasteiger partial charge in [-0.25, -0.2) is 4.98 Å². The predicted octanol–water partition coefficient (Wildman–Crippen LogP) is 4.81. The Labute approximate surface area is 217 Å². The Morgan fingerprint density at radius 2 is 1.97 bits per heavy atom. The summed E-state index contributed by atoms with van der Waals surface area (Å²) in [4.78, 5) is 20.1. The zero-order valence-electron chi connectivity index (χ0n) is 21.3. The van der Waals surface area contributed by atoms with E-state index in [1.165, 1.54) is 17.4 Å². The number of imidazole rings is 1. The van der Waals surface area contributed by atoms with E-state index in [0.29, 0.717) is 5.76 Å². The third kappa shape index (κ3) is 4.18. The fourth-order valence-electron chi connectivity index (χ4n) is 6.32. The molecule has 2 atom stereocenters. The van der Waals surface area contributed by atoms with Gasteiger partial charge in [0.05, 0.1) is 25.0 Å². The van der Waals surface area contributed by atoms with Gasteiger partial charge in [0, 0.05) is 30.6 Å². The van der Waals surface area contributed by atoms with Gasteiger partial charge in [-0.2, -0.15) is 0 Å². The van der Waals surface area contributed by atoms with Crippen LogP contribution in [0.2, 0.25) is 0 Å². The lowest BCUT2D eigenvalue weighted by molar-refractivity contribution is -0.0127. The zero-order valence-corrected chi connectivity index (χ0v) is 21.3. The number of nitrogens with zero attached hydrogens (tertiary/aromatic N) is 3. The zero-order chi connectivity index (χ0) is 25.4. The van der Waals surface area contributed by atoms with Crippen LogP contribution in [-0.4, -0.2) is 46.7 Å². The number of likely N-dealkylation sites (tertiary alicyclic amines) is 1. The van der Waals surface area contributed by atoms with Gasteiger partial charge in [-0.05, 0) is 73.8 Å². The van der Waals surface area contributed by atoms with E-state index in [4.69, 9.17) is 9.15 Å². The van der Waals surface area contributed by atoms with Crippen LogP contribution in [0.3, 0.4) is 0 Å². The quantitative estimate of drug-likeness (QED) is 0.415. The maximum Gasteiger partial charge on any atom is 0.287 e. The minimum Gasteiger partial charge on any atom is -0.459 e. The average molecular weight is 497 g/mol. The molecule has 3 heterocycles. The molecule has 2 aromatic heterocycles. The Kier molecular flexibility index (Phi) is 6.18. The normalized spacial score (nSPS) is 20.7. The molecular weight excluding hydrogens is 464 g/mol. The molecule has 1 saturated heterocycles. The number of fused-ring (bicyclic) bond motifs is 2. The number of carbonyl (C=O) groups is 1. The van der Waals surface area contributed by atoms with Gasteiger partial charge >= 0.3 is 0 Å². The maximum atomic E-state index is 12.9. The van der Waals surface area contributed by atoms with Crippen LogP contribution in [0, 0.1) is 6.92 Å². The molecule has 1 aliphatic heterocycles. The number of aromatic nitrogens is 2. The number of amides is 1. The summed E-state index contributed by atoms with van der Waals surface area (Å²) in [5.74, 6) is 1.14. The van der Waals surface area contributed by atoms with Crippen molar-refractivity contribution in [3.05, 3.63) is 108 Å². The van der Waals surface area contributed by atoms with Crippen LogP contribution in [0.4, 0.5) is 0 Å². The lowest BCUT2D eigenvalue weighted by atomic mass is 9.72. The van der Waals surface area contributed by atoms with Crippen molar-refractivity contribution in [2.24, 2.45) is 0 Å². The molecule has 4 aromatic rings. The second-order valence-electron chi connectivity index (χ2n) is 10.2. The second kappa shape index (κ2) is 9.65. The van der Waals surface area contributed by atoms with Crippen molar-refractivity contribution in [2.45, 2.75) is 43.9 Å². The number of rotatable bonds is 6. The van der Waals surface area contributed by atoms with E-state index in [1.54, 1.807) is 19.2 Å². The van der Waals surface area contributed by atoms with Gasteiger partial charge in [-0.15, -0.1) is 0 Å². The molecule has 190 valence electrons. The van der Waals surface area contributed by atoms with E-state index >= 15 is 0 Å². The SMILES string of the molecule is CO[C@H]1[C@H](NC(=O)c2ccco2)c2ccccc2C12CCN(Cc1nccn1-c1cccc(C)c1)CC2. The lowest BCUT2D eigenvalue weighted by Crippen LogP contribution is -2.50. The van der Waals surface area contributed by atoms with Crippen molar-refractivity contribution in [3.8, 4) is 5.69 Å². The third-order valence-corrected chi connectivity index (χ3v) is 8.08. The summed E-state index contributed by atoms with van der Waals surface area (Å²) in [5, 5.41) is 3.20. The van der Waals surface area contributed by atoms with Gasteiger partial charge in [0.15, 0.2) is 5.76 Å². The third-order valence-electron chi connectivity index (χ3n) is 8.08. The maximum absolute atomic E-state index is 12.9. The van der Waals surface area contributed by atoms with E-state index in [0.717, 1.165) is 49.6 Å². The lowest BCUT2D eigenvalue weighted by Gasteiger charge is -2.44. The standard InChI is InChI=1S/C30H32N4O3/c1-21-7-5-8-22(19-21)34-17-14-31-26(34)20-33-15-12-30(13-16-33)24-10-4-3-9-23(24)27(28(30)36-2)32-29(35)25-11-6-18-37-25/h3-11,14,17-19,27-28H,12-13,15-16,20H2,1-2H3,(H,32,35)/t27-,28+/m1/s1. The van der Waals surface area contributed by atoms with Gasteiger partial charge in [0.25, 0.3) is 5.91 Å². The van der Waals surface area contributed by atoms with Crippen LogP contribution in [0.5, 0.6) is 0 Å². The fraction of sp³-hybridized carbons (Fsp3) is 0.333. The Morgan fingerprint density at radius 1 is 1.14 bits per heavy atom. The molecule has 1 amide bonds. The molecule has 7 heteroatoms. The summed E-state index contributed by atoms with van der Waals surface area (Å²) in [5.41, 5.74) is 4.64. The molecule has 7 nitrogen and oxygen atoms in total. The van der Waals surface area contributed by atoms with Gasteiger partial charge < -0.3 is 19.0 Å². The highest BCUT2D eigenvalue weighted by molar-refractivity contribution is 5.91. The highest BCUT2D eigenvalue weighted by Crippen LogP contribution is 2.52. The minimum absolute atomic E-state index is 0.153. The molecule has 0 radical (unpaired) electrons. The second-order valence-corrected chi connectivity index (χ2v) is 10.2. The first-order valence-electron chi connectivity index (χ1n) is 12.9. The number of methoxy groups -OCH3 is 1. The molecular formula is C30H32N4O3. The number of ether oxygens (including phenoxy) is 1. The van der Waals surface area contributed by atoms with E-state index in [1.807, 2.05) is 18.5 Å². The molecule has 0 bridgehead atoms. The summed E-state index contributed by atoms with van der Waals surface area (Å²) in [6.45, 7) is 4.75. The van der Waals surface area contributed by atoms with Gasteiger partial charge in [-0.1, -0.05) is 36.4 Å².